The van der Waals surface area contributed by atoms with E-state index in [0.29, 0.717) is 30.2 Å². The zero-order chi connectivity index (χ0) is 20.4. The Hall–Kier alpha value is -2.90. The lowest BCUT2D eigenvalue weighted by molar-refractivity contribution is 0.0748. The number of benzene rings is 2. The second kappa shape index (κ2) is 9.07. The Labute approximate surface area is 175 Å². The second-order valence-electron chi connectivity index (χ2n) is 6.63. The summed E-state index contributed by atoms with van der Waals surface area (Å²) < 4.78 is 5.39. The summed E-state index contributed by atoms with van der Waals surface area (Å²) in [6.45, 7) is 4.58. The zero-order valence-electron chi connectivity index (χ0n) is 16.5. The lowest BCUT2D eigenvalue weighted by Crippen LogP contribution is -2.39. The predicted octanol–water partition coefficient (Wildman–Crippen LogP) is 2.73. The maximum atomic E-state index is 12.9. The van der Waals surface area contributed by atoms with Crippen molar-refractivity contribution >= 4 is 35.8 Å². The van der Waals surface area contributed by atoms with Crippen LogP contribution in [0.3, 0.4) is 0 Å². The quantitative estimate of drug-likeness (QED) is 0.729. The summed E-state index contributed by atoms with van der Waals surface area (Å²) >= 11 is 0. The molecule has 1 atom stereocenters. The molecule has 8 heteroatoms. The smallest absolute Gasteiger partial charge is 0.266 e. The van der Waals surface area contributed by atoms with Crippen LogP contribution < -0.4 is 15.4 Å². The van der Waals surface area contributed by atoms with Gasteiger partial charge in [0.05, 0.1) is 23.4 Å². The molecule has 3 amide bonds. The summed E-state index contributed by atoms with van der Waals surface area (Å²) in [6.07, 6.45) is 0. The Kier molecular flexibility index (Phi) is 7.00. The SMILES string of the molecule is CCOc1ccc(N2C(=O)c3ccc(C(=O)N(C)C(C)CN)cc3C2=O)cc1.Cl. The monoisotopic (exact) mass is 417 g/mol. The summed E-state index contributed by atoms with van der Waals surface area (Å²) in [5.74, 6) is -0.450. The normalized spacial score (nSPS) is 13.6. The molecule has 1 aliphatic rings. The highest BCUT2D eigenvalue weighted by Crippen LogP contribution is 2.30. The fourth-order valence-electron chi connectivity index (χ4n) is 3.03. The molecule has 0 aliphatic carbocycles. The minimum Gasteiger partial charge on any atom is -0.494 e. The number of rotatable bonds is 6. The highest BCUT2D eigenvalue weighted by atomic mass is 35.5. The molecule has 2 N–H and O–H groups in total. The molecule has 0 fully saturated rings. The summed E-state index contributed by atoms with van der Waals surface area (Å²) in [4.78, 5) is 40.9. The molecule has 0 saturated heterocycles. The number of hydrogen-bond donors (Lipinski definition) is 1. The first-order valence-corrected chi connectivity index (χ1v) is 9.12. The predicted molar refractivity (Wildman–Crippen MR) is 113 cm³/mol. The Morgan fingerprint density at radius 3 is 2.31 bits per heavy atom. The van der Waals surface area contributed by atoms with Crippen molar-refractivity contribution in [2.24, 2.45) is 5.73 Å². The summed E-state index contributed by atoms with van der Waals surface area (Å²) in [5, 5.41) is 0. The summed E-state index contributed by atoms with van der Waals surface area (Å²) in [7, 11) is 1.66. The first-order valence-electron chi connectivity index (χ1n) is 9.12. The minimum atomic E-state index is -0.451. The third kappa shape index (κ3) is 4.11. The van der Waals surface area contributed by atoms with E-state index in [0.717, 1.165) is 4.90 Å². The van der Waals surface area contributed by atoms with Gasteiger partial charge in [-0.3, -0.25) is 14.4 Å². The lowest BCUT2D eigenvalue weighted by atomic mass is 10.0. The van der Waals surface area contributed by atoms with E-state index in [1.807, 2.05) is 13.8 Å². The molecule has 29 heavy (non-hydrogen) atoms. The van der Waals surface area contributed by atoms with Gasteiger partial charge in [0.25, 0.3) is 17.7 Å². The maximum Gasteiger partial charge on any atom is 0.266 e. The van der Waals surface area contributed by atoms with Crippen molar-refractivity contribution in [3.05, 3.63) is 59.2 Å². The van der Waals surface area contributed by atoms with E-state index in [9.17, 15) is 14.4 Å². The van der Waals surface area contributed by atoms with Crippen molar-refractivity contribution in [2.75, 3.05) is 25.1 Å². The van der Waals surface area contributed by atoms with Crippen LogP contribution in [0.15, 0.2) is 42.5 Å². The number of nitrogens with zero attached hydrogens (tertiary/aromatic N) is 2. The largest absolute Gasteiger partial charge is 0.494 e. The Balaban J connectivity index is 0.00000300. The molecule has 1 aliphatic heterocycles. The van der Waals surface area contributed by atoms with Gasteiger partial charge in [0.15, 0.2) is 0 Å². The molecule has 7 nitrogen and oxygen atoms in total. The molecular formula is C21H24ClN3O4. The number of nitrogens with two attached hydrogens (primary N) is 1. The molecular weight excluding hydrogens is 394 g/mol. The van der Waals surface area contributed by atoms with Crippen molar-refractivity contribution in [3.8, 4) is 5.75 Å². The van der Waals surface area contributed by atoms with Gasteiger partial charge >= 0.3 is 0 Å². The van der Waals surface area contributed by atoms with E-state index < -0.39 is 11.8 Å². The molecule has 1 heterocycles. The number of halogens is 1. The van der Waals surface area contributed by atoms with E-state index >= 15 is 0 Å². The van der Waals surface area contributed by atoms with Gasteiger partial charge in [-0.2, -0.15) is 0 Å². The second-order valence-corrected chi connectivity index (χ2v) is 6.63. The van der Waals surface area contributed by atoms with Crippen LogP contribution in [-0.2, 0) is 0 Å². The standard InChI is InChI=1S/C21H23N3O4.ClH/c1-4-28-16-8-6-15(7-9-16)24-20(26)17-10-5-14(11-18(17)21(24)27)19(25)23(3)13(2)12-22;/h5-11,13H,4,12,22H2,1-3H3;1H. The molecule has 0 aromatic heterocycles. The van der Waals surface area contributed by atoms with Crippen LogP contribution in [-0.4, -0.2) is 48.9 Å². The van der Waals surface area contributed by atoms with Crippen LogP contribution in [0.5, 0.6) is 5.75 Å². The minimum absolute atomic E-state index is 0. The van der Waals surface area contributed by atoms with Crippen LogP contribution in [0.2, 0.25) is 0 Å². The number of fused-ring (bicyclic) bond motifs is 1. The van der Waals surface area contributed by atoms with Gasteiger partial charge in [-0.15, -0.1) is 12.4 Å². The molecule has 0 bridgehead atoms. The molecule has 2 aromatic carbocycles. The number of anilines is 1. The van der Waals surface area contributed by atoms with Gasteiger partial charge < -0.3 is 15.4 Å². The number of ether oxygens (including phenoxy) is 1. The van der Waals surface area contributed by atoms with E-state index in [2.05, 4.69) is 0 Å². The number of imide groups is 1. The van der Waals surface area contributed by atoms with Crippen molar-refractivity contribution in [2.45, 2.75) is 19.9 Å². The molecule has 0 saturated carbocycles. The van der Waals surface area contributed by atoms with Crippen molar-refractivity contribution in [1.82, 2.24) is 4.90 Å². The average Bonchev–Trinajstić information content (AvgIpc) is 2.97. The fourth-order valence-corrected chi connectivity index (χ4v) is 3.03. The molecule has 3 rings (SSSR count). The Morgan fingerprint density at radius 2 is 1.72 bits per heavy atom. The van der Waals surface area contributed by atoms with Gasteiger partial charge in [0.2, 0.25) is 0 Å². The number of hydrogen-bond acceptors (Lipinski definition) is 5. The lowest BCUT2D eigenvalue weighted by Gasteiger charge is -2.23. The summed E-state index contributed by atoms with van der Waals surface area (Å²) in [5.41, 5.74) is 6.93. The van der Waals surface area contributed by atoms with Crippen LogP contribution in [0.4, 0.5) is 5.69 Å². The maximum absolute atomic E-state index is 12.9. The molecule has 154 valence electrons. The van der Waals surface area contributed by atoms with Crippen molar-refractivity contribution < 1.29 is 19.1 Å². The van der Waals surface area contributed by atoms with Crippen LogP contribution in [0.25, 0.3) is 0 Å². The van der Waals surface area contributed by atoms with Crippen LogP contribution in [0.1, 0.15) is 44.9 Å². The van der Waals surface area contributed by atoms with E-state index in [-0.39, 0.29) is 35.5 Å². The highest BCUT2D eigenvalue weighted by molar-refractivity contribution is 6.34. The number of carbonyl (C=O) groups excluding carboxylic acids is 3. The number of amides is 3. The first kappa shape index (κ1) is 22.4. The molecule has 0 radical (unpaired) electrons. The van der Waals surface area contributed by atoms with Crippen LogP contribution in [0, 0.1) is 0 Å². The van der Waals surface area contributed by atoms with Crippen LogP contribution >= 0.6 is 12.4 Å². The Morgan fingerprint density at radius 1 is 1.10 bits per heavy atom. The van der Waals surface area contributed by atoms with Gasteiger partial charge in [0, 0.05) is 25.2 Å². The van der Waals surface area contributed by atoms with Gasteiger partial charge in [0.1, 0.15) is 5.75 Å². The molecule has 2 aromatic rings. The third-order valence-corrected chi connectivity index (χ3v) is 4.86. The molecule has 1 unspecified atom stereocenters. The van der Waals surface area contributed by atoms with E-state index in [1.165, 1.54) is 17.0 Å². The zero-order valence-corrected chi connectivity index (χ0v) is 17.4. The average molecular weight is 418 g/mol. The summed E-state index contributed by atoms with van der Waals surface area (Å²) in [6, 6.07) is 11.2. The topological polar surface area (TPSA) is 92.9 Å². The van der Waals surface area contributed by atoms with Crippen molar-refractivity contribution in [3.63, 3.8) is 0 Å². The fraction of sp³-hybridized carbons (Fsp3) is 0.286. The van der Waals surface area contributed by atoms with Gasteiger partial charge in [-0.25, -0.2) is 4.90 Å². The first-order chi connectivity index (χ1) is 13.4. The van der Waals surface area contributed by atoms with Gasteiger partial charge in [-0.05, 0) is 56.3 Å². The van der Waals surface area contributed by atoms with Crippen molar-refractivity contribution in [1.29, 1.82) is 0 Å². The number of carbonyl (C=O) groups is 3. The van der Waals surface area contributed by atoms with Gasteiger partial charge in [-0.1, -0.05) is 0 Å². The Bertz CT molecular complexity index is 930. The number of likely N-dealkylation sites (N-methyl/N-ethyl adjacent to an activating group) is 1. The van der Waals surface area contributed by atoms with E-state index in [1.54, 1.807) is 37.4 Å². The van der Waals surface area contributed by atoms with E-state index in [4.69, 9.17) is 10.5 Å². The highest BCUT2D eigenvalue weighted by Gasteiger charge is 2.37. The third-order valence-electron chi connectivity index (χ3n) is 4.86. The molecule has 0 spiro atoms.